The van der Waals surface area contributed by atoms with Gasteiger partial charge in [0, 0.05) is 0 Å². The molecule has 1 atom stereocenters. The first kappa shape index (κ1) is 13.2. The molecule has 2 nitrogen and oxygen atoms in total. The van der Waals surface area contributed by atoms with Crippen molar-refractivity contribution in [3.63, 3.8) is 0 Å². The molecule has 20 heavy (non-hydrogen) atoms. The lowest BCUT2D eigenvalue weighted by Gasteiger charge is -2.18. The summed E-state index contributed by atoms with van der Waals surface area (Å²) in [5.41, 5.74) is 10.2. The van der Waals surface area contributed by atoms with E-state index < -0.39 is 0 Å². The highest BCUT2D eigenvalue weighted by atomic mass is 16.5. The highest BCUT2D eigenvalue weighted by Gasteiger charge is 2.11. The summed E-state index contributed by atoms with van der Waals surface area (Å²) in [4.78, 5) is 0. The molecule has 0 saturated carbocycles. The molecule has 1 aliphatic rings. The first-order valence-electron chi connectivity index (χ1n) is 7.38. The second kappa shape index (κ2) is 6.10. The third kappa shape index (κ3) is 3.02. The smallest absolute Gasteiger partial charge is 0.119 e. The van der Waals surface area contributed by atoms with Gasteiger partial charge in [-0.05, 0) is 54.5 Å². The molecule has 0 spiro atoms. The summed E-state index contributed by atoms with van der Waals surface area (Å²) < 4.78 is 5.86. The minimum Gasteiger partial charge on any atom is -0.492 e. The van der Waals surface area contributed by atoms with Gasteiger partial charge in [-0.15, -0.1) is 0 Å². The van der Waals surface area contributed by atoms with Gasteiger partial charge in [-0.2, -0.15) is 0 Å². The molecule has 1 unspecified atom stereocenters. The van der Waals surface area contributed by atoms with E-state index in [0.29, 0.717) is 6.61 Å². The zero-order valence-corrected chi connectivity index (χ0v) is 11.7. The Labute approximate surface area is 120 Å². The number of rotatable bonds is 4. The lowest BCUT2D eigenvalue weighted by molar-refractivity contribution is 0.290. The van der Waals surface area contributed by atoms with Gasteiger partial charge in [0.05, 0.1) is 6.04 Å². The molecule has 0 saturated heterocycles. The highest BCUT2D eigenvalue weighted by molar-refractivity contribution is 5.37. The van der Waals surface area contributed by atoms with Gasteiger partial charge in [-0.25, -0.2) is 0 Å². The molecular weight excluding hydrogens is 246 g/mol. The molecule has 2 aromatic carbocycles. The zero-order chi connectivity index (χ0) is 13.8. The van der Waals surface area contributed by atoms with Crippen molar-refractivity contribution < 1.29 is 4.74 Å². The van der Waals surface area contributed by atoms with E-state index in [1.807, 2.05) is 30.3 Å². The quantitative estimate of drug-likeness (QED) is 0.917. The Morgan fingerprint density at radius 1 is 0.950 bits per heavy atom. The molecular formula is C18H21NO. The lowest BCUT2D eigenvalue weighted by Crippen LogP contribution is -2.19. The Hall–Kier alpha value is -1.80. The number of hydrogen-bond acceptors (Lipinski definition) is 2. The van der Waals surface area contributed by atoms with Gasteiger partial charge in [0.15, 0.2) is 0 Å². The molecule has 2 N–H and O–H groups in total. The maximum atomic E-state index is 6.16. The second-order valence-corrected chi connectivity index (χ2v) is 5.47. The van der Waals surface area contributed by atoms with Crippen molar-refractivity contribution in [1.82, 2.24) is 0 Å². The van der Waals surface area contributed by atoms with Crippen molar-refractivity contribution in [2.45, 2.75) is 31.7 Å². The Bertz CT molecular complexity index is 565. The predicted molar refractivity (Wildman–Crippen MR) is 81.9 cm³/mol. The fraction of sp³-hybridized carbons (Fsp3) is 0.333. The molecule has 1 aliphatic carbocycles. The summed E-state index contributed by atoms with van der Waals surface area (Å²) in [6, 6.07) is 16.5. The van der Waals surface area contributed by atoms with Crippen LogP contribution >= 0.6 is 0 Å². The van der Waals surface area contributed by atoms with E-state index in [2.05, 4.69) is 18.2 Å². The van der Waals surface area contributed by atoms with Crippen LogP contribution in [-0.2, 0) is 12.8 Å². The van der Waals surface area contributed by atoms with E-state index >= 15 is 0 Å². The number of aryl methyl sites for hydroxylation is 2. The van der Waals surface area contributed by atoms with Crippen LogP contribution in [0.3, 0.4) is 0 Å². The molecule has 3 rings (SSSR count). The average Bonchev–Trinajstić information content (AvgIpc) is 2.53. The van der Waals surface area contributed by atoms with Crippen molar-refractivity contribution in [3.05, 3.63) is 65.2 Å². The monoisotopic (exact) mass is 267 g/mol. The summed E-state index contributed by atoms with van der Waals surface area (Å²) in [6.07, 6.45) is 4.99. The summed E-state index contributed by atoms with van der Waals surface area (Å²) >= 11 is 0. The van der Waals surface area contributed by atoms with E-state index in [0.717, 1.165) is 11.3 Å². The third-order valence-corrected chi connectivity index (χ3v) is 3.98. The van der Waals surface area contributed by atoms with Crippen LogP contribution in [0.25, 0.3) is 0 Å². The van der Waals surface area contributed by atoms with Crippen LogP contribution in [0.2, 0.25) is 0 Å². The molecule has 104 valence electrons. The predicted octanol–water partition coefficient (Wildman–Crippen LogP) is 3.64. The molecule has 0 bridgehead atoms. The molecule has 0 heterocycles. The summed E-state index contributed by atoms with van der Waals surface area (Å²) in [7, 11) is 0. The first-order chi connectivity index (χ1) is 9.83. The number of fused-ring (bicyclic) bond motifs is 1. The minimum atomic E-state index is -0.0766. The molecule has 0 aromatic heterocycles. The van der Waals surface area contributed by atoms with E-state index in [4.69, 9.17) is 10.5 Å². The van der Waals surface area contributed by atoms with Gasteiger partial charge >= 0.3 is 0 Å². The minimum absolute atomic E-state index is 0.0766. The zero-order valence-electron chi connectivity index (χ0n) is 11.7. The largest absolute Gasteiger partial charge is 0.492 e. The highest BCUT2D eigenvalue weighted by Crippen LogP contribution is 2.25. The Morgan fingerprint density at radius 2 is 1.70 bits per heavy atom. The summed E-state index contributed by atoms with van der Waals surface area (Å²) in [5, 5.41) is 0. The van der Waals surface area contributed by atoms with Crippen LogP contribution in [0.15, 0.2) is 48.5 Å². The molecule has 2 heteroatoms. The molecule has 0 radical (unpaired) electrons. The van der Waals surface area contributed by atoms with E-state index in [9.17, 15) is 0 Å². The Kier molecular flexibility index (Phi) is 4.03. The first-order valence-corrected chi connectivity index (χ1v) is 7.38. The maximum Gasteiger partial charge on any atom is 0.119 e. The standard InChI is InChI=1S/C18H21NO/c19-18(15-7-2-1-3-8-15)13-20-17-11-10-14-6-4-5-9-16(14)12-17/h1-3,7-8,10-12,18H,4-6,9,13,19H2. The topological polar surface area (TPSA) is 35.2 Å². The lowest BCUT2D eigenvalue weighted by atomic mass is 9.92. The summed E-state index contributed by atoms with van der Waals surface area (Å²) in [6.45, 7) is 0.517. The van der Waals surface area contributed by atoms with Crippen LogP contribution in [-0.4, -0.2) is 6.61 Å². The van der Waals surface area contributed by atoms with Crippen LogP contribution in [0.1, 0.15) is 35.6 Å². The van der Waals surface area contributed by atoms with Gasteiger partial charge in [0.2, 0.25) is 0 Å². The van der Waals surface area contributed by atoms with Gasteiger partial charge in [-0.1, -0.05) is 36.4 Å². The van der Waals surface area contributed by atoms with Crippen LogP contribution in [0, 0.1) is 0 Å². The van der Waals surface area contributed by atoms with Crippen molar-refractivity contribution in [2.24, 2.45) is 5.73 Å². The number of ether oxygens (including phenoxy) is 1. The van der Waals surface area contributed by atoms with Gasteiger partial charge in [0.25, 0.3) is 0 Å². The summed E-state index contributed by atoms with van der Waals surface area (Å²) in [5.74, 6) is 0.942. The van der Waals surface area contributed by atoms with Crippen LogP contribution < -0.4 is 10.5 Å². The third-order valence-electron chi connectivity index (χ3n) is 3.98. The number of benzene rings is 2. The maximum absolute atomic E-state index is 6.16. The van der Waals surface area contributed by atoms with Crippen molar-refractivity contribution in [3.8, 4) is 5.75 Å². The number of hydrogen-bond donors (Lipinski definition) is 1. The Morgan fingerprint density at radius 3 is 2.50 bits per heavy atom. The normalized spacial score (nSPS) is 15.4. The van der Waals surface area contributed by atoms with Crippen molar-refractivity contribution in [2.75, 3.05) is 6.61 Å². The SMILES string of the molecule is NC(COc1ccc2c(c1)CCCC2)c1ccccc1. The van der Waals surface area contributed by atoms with Gasteiger partial charge in [-0.3, -0.25) is 0 Å². The van der Waals surface area contributed by atoms with Crippen molar-refractivity contribution >= 4 is 0 Å². The Balaban J connectivity index is 1.64. The van der Waals surface area contributed by atoms with E-state index in [1.165, 1.54) is 36.8 Å². The van der Waals surface area contributed by atoms with E-state index in [-0.39, 0.29) is 6.04 Å². The number of nitrogens with two attached hydrogens (primary N) is 1. The van der Waals surface area contributed by atoms with Crippen LogP contribution in [0.5, 0.6) is 5.75 Å². The second-order valence-electron chi connectivity index (χ2n) is 5.47. The molecule has 2 aromatic rings. The molecule has 0 amide bonds. The van der Waals surface area contributed by atoms with Gasteiger partial charge in [0.1, 0.15) is 12.4 Å². The van der Waals surface area contributed by atoms with Crippen LogP contribution in [0.4, 0.5) is 0 Å². The van der Waals surface area contributed by atoms with E-state index in [1.54, 1.807) is 0 Å². The fourth-order valence-corrected chi connectivity index (χ4v) is 2.78. The van der Waals surface area contributed by atoms with Crippen molar-refractivity contribution in [1.29, 1.82) is 0 Å². The molecule has 0 aliphatic heterocycles. The molecule has 0 fully saturated rings. The van der Waals surface area contributed by atoms with Gasteiger partial charge < -0.3 is 10.5 Å². The average molecular weight is 267 g/mol. The fourth-order valence-electron chi connectivity index (χ4n) is 2.78.